The van der Waals surface area contributed by atoms with Gasteiger partial charge in [0.15, 0.2) is 5.78 Å². The summed E-state index contributed by atoms with van der Waals surface area (Å²) in [5.74, 6) is 6.90. The highest BCUT2D eigenvalue weighted by Crippen LogP contribution is 2.25. The molecule has 0 aromatic heterocycles. The van der Waals surface area contributed by atoms with Crippen LogP contribution in [-0.2, 0) is 23.9 Å². The van der Waals surface area contributed by atoms with Crippen molar-refractivity contribution in [3.63, 3.8) is 0 Å². The number of ketones is 3. The summed E-state index contributed by atoms with van der Waals surface area (Å²) in [6.07, 6.45) is 8.39. The molecule has 1 aromatic rings. The molecular weight excluding hydrogens is 594 g/mol. The zero-order chi connectivity index (χ0) is 35.0. The summed E-state index contributed by atoms with van der Waals surface area (Å²) in [6.45, 7) is 16.2. The number of nitrogens with two attached hydrogens (primary N) is 1. The number of unbranched alkanes of at least 4 members (excludes halogenated alkanes) is 1. The zero-order valence-electron chi connectivity index (χ0n) is 29.8. The third kappa shape index (κ3) is 17.0. The highest BCUT2D eigenvalue weighted by Gasteiger charge is 2.20. The Morgan fingerprint density at radius 2 is 1.62 bits per heavy atom. The van der Waals surface area contributed by atoms with E-state index in [9.17, 15) is 19.2 Å². The molecule has 1 aliphatic rings. The molecule has 0 radical (unpaired) electrons. The maximum absolute atomic E-state index is 12.7. The molecule has 1 aliphatic heterocycles. The summed E-state index contributed by atoms with van der Waals surface area (Å²) in [6, 6.07) is 5.75. The van der Waals surface area contributed by atoms with Gasteiger partial charge in [-0.25, -0.2) is 0 Å². The van der Waals surface area contributed by atoms with Crippen LogP contribution in [0.25, 0.3) is 5.57 Å². The summed E-state index contributed by atoms with van der Waals surface area (Å²) < 4.78 is 11.0. The molecule has 1 aromatic carbocycles. The molecule has 262 valence electrons. The lowest BCUT2D eigenvalue weighted by atomic mass is 9.91. The number of amides is 1. The van der Waals surface area contributed by atoms with Gasteiger partial charge in [0.25, 0.3) is 0 Å². The number of benzene rings is 1. The first kappa shape index (κ1) is 41.9. The first-order valence-electron chi connectivity index (χ1n) is 17.3. The number of ether oxygens (including phenoxy) is 2. The Balaban J connectivity index is 0.000000779. The first-order chi connectivity index (χ1) is 22.6. The van der Waals surface area contributed by atoms with Crippen molar-refractivity contribution in [2.24, 2.45) is 11.7 Å². The average molecular weight is 654 g/mol. The molecule has 1 fully saturated rings. The minimum absolute atomic E-state index is 0.00186. The predicted octanol–water partition coefficient (Wildman–Crippen LogP) is 5.68. The SMILES string of the molecule is CCC/C=C(\C)c1c(C#CCOCCOCC(=O)N2CCN(CN)CC2)cccc1C(=O)CCC.CCCC(=O)CCC(C)C(C)=O. The normalized spacial score (nSPS) is 14.0. The minimum atomic E-state index is -0.00186. The van der Waals surface area contributed by atoms with Crippen molar-refractivity contribution < 1.29 is 28.7 Å². The Labute approximate surface area is 283 Å². The molecule has 0 spiro atoms. The molecule has 1 atom stereocenters. The van der Waals surface area contributed by atoms with Crippen LogP contribution >= 0.6 is 0 Å². The molecule has 2 rings (SSSR count). The number of Topliss-reactive ketones (excluding diaryl/α,β-unsaturated/α-hetero) is 3. The van der Waals surface area contributed by atoms with E-state index in [2.05, 4.69) is 29.7 Å². The van der Waals surface area contributed by atoms with Crippen LogP contribution in [0.1, 0.15) is 114 Å². The fourth-order valence-electron chi connectivity index (χ4n) is 4.93. The van der Waals surface area contributed by atoms with E-state index in [1.54, 1.807) is 6.92 Å². The standard InChI is InChI=1S/C28H41N3O4.C10H18O2/c1-4-6-10-23(3)28-24(11-7-13-25(28)26(32)9-5-2)12-8-18-34-19-20-35-21-27(33)31-16-14-30(22-29)15-17-31;1-4-5-10(12)7-6-8(2)9(3)11/h7,10-11,13H,4-6,9,14-22,29H2,1-3H3;8H,4-7H2,1-3H3/b23-10+;. The van der Waals surface area contributed by atoms with Crippen LogP contribution in [0.4, 0.5) is 0 Å². The van der Waals surface area contributed by atoms with Gasteiger partial charge in [-0.05, 0) is 51.2 Å². The summed E-state index contributed by atoms with van der Waals surface area (Å²) in [7, 11) is 0. The van der Waals surface area contributed by atoms with Gasteiger partial charge in [-0.3, -0.25) is 24.1 Å². The van der Waals surface area contributed by atoms with E-state index in [1.807, 2.05) is 50.8 Å². The molecule has 0 aliphatic carbocycles. The van der Waals surface area contributed by atoms with Crippen LogP contribution in [0.15, 0.2) is 24.3 Å². The lowest BCUT2D eigenvalue weighted by molar-refractivity contribution is -0.138. The van der Waals surface area contributed by atoms with Crippen LogP contribution in [0, 0.1) is 17.8 Å². The summed E-state index contributed by atoms with van der Waals surface area (Å²) in [5.41, 5.74) is 9.23. The largest absolute Gasteiger partial charge is 0.369 e. The number of piperazine rings is 1. The third-order valence-corrected chi connectivity index (χ3v) is 8.03. The van der Waals surface area contributed by atoms with Crippen LogP contribution in [0.5, 0.6) is 0 Å². The van der Waals surface area contributed by atoms with Crippen molar-refractivity contribution in [1.82, 2.24) is 9.80 Å². The highest BCUT2D eigenvalue weighted by atomic mass is 16.5. The number of rotatable bonds is 19. The minimum Gasteiger partial charge on any atom is -0.369 e. The number of carbonyl (C=O) groups is 4. The quantitative estimate of drug-likeness (QED) is 0.115. The van der Waals surface area contributed by atoms with Gasteiger partial charge in [-0.2, -0.15) is 0 Å². The van der Waals surface area contributed by atoms with Gasteiger partial charge in [0.2, 0.25) is 5.91 Å². The van der Waals surface area contributed by atoms with Crippen molar-refractivity contribution in [3.05, 3.63) is 41.0 Å². The Kier molecular flexibility index (Phi) is 22.2. The fraction of sp³-hybridized carbons (Fsp3) is 0.632. The first-order valence-corrected chi connectivity index (χ1v) is 17.3. The van der Waals surface area contributed by atoms with Crippen LogP contribution in [0.2, 0.25) is 0 Å². The lowest BCUT2D eigenvalue weighted by Crippen LogP contribution is -2.51. The van der Waals surface area contributed by atoms with Crippen molar-refractivity contribution in [2.75, 3.05) is 59.3 Å². The number of allylic oxidation sites excluding steroid dienone is 2. The second kappa shape index (κ2) is 24.9. The molecule has 1 heterocycles. The van der Waals surface area contributed by atoms with E-state index in [4.69, 9.17) is 15.2 Å². The fourth-order valence-corrected chi connectivity index (χ4v) is 4.93. The number of hydrogen-bond acceptors (Lipinski definition) is 8. The number of carbonyl (C=O) groups excluding carboxylic acids is 4. The summed E-state index contributed by atoms with van der Waals surface area (Å²) in [5, 5.41) is 0. The van der Waals surface area contributed by atoms with Gasteiger partial charge in [0.1, 0.15) is 24.8 Å². The Bertz CT molecular complexity index is 1210. The molecule has 1 amide bonds. The van der Waals surface area contributed by atoms with E-state index < -0.39 is 0 Å². The maximum atomic E-state index is 12.7. The molecule has 9 heteroatoms. The van der Waals surface area contributed by atoms with Crippen LogP contribution < -0.4 is 5.73 Å². The monoisotopic (exact) mass is 653 g/mol. The van der Waals surface area contributed by atoms with E-state index in [1.165, 1.54) is 0 Å². The third-order valence-electron chi connectivity index (χ3n) is 8.03. The molecule has 2 N–H and O–H groups in total. The van der Waals surface area contributed by atoms with Crippen molar-refractivity contribution in [1.29, 1.82) is 0 Å². The molecule has 1 saturated heterocycles. The average Bonchev–Trinajstić information content (AvgIpc) is 3.07. The van der Waals surface area contributed by atoms with Crippen LogP contribution in [0.3, 0.4) is 0 Å². The van der Waals surface area contributed by atoms with Crippen LogP contribution in [-0.4, -0.2) is 92.3 Å². The maximum Gasteiger partial charge on any atom is 0.248 e. The van der Waals surface area contributed by atoms with Crippen molar-refractivity contribution in [3.8, 4) is 11.8 Å². The van der Waals surface area contributed by atoms with E-state index in [-0.39, 0.29) is 42.4 Å². The van der Waals surface area contributed by atoms with Crippen molar-refractivity contribution >= 4 is 28.8 Å². The summed E-state index contributed by atoms with van der Waals surface area (Å²) >= 11 is 0. The second-order valence-corrected chi connectivity index (χ2v) is 12.0. The predicted molar refractivity (Wildman–Crippen MR) is 189 cm³/mol. The van der Waals surface area contributed by atoms with E-state index >= 15 is 0 Å². The van der Waals surface area contributed by atoms with E-state index in [0.29, 0.717) is 58.7 Å². The number of nitrogens with zero attached hydrogens (tertiary/aromatic N) is 2. The molecular formula is C38H59N3O6. The van der Waals surface area contributed by atoms with Gasteiger partial charge < -0.3 is 20.1 Å². The second-order valence-electron chi connectivity index (χ2n) is 12.0. The zero-order valence-corrected chi connectivity index (χ0v) is 29.8. The van der Waals surface area contributed by atoms with Gasteiger partial charge in [0, 0.05) is 74.7 Å². The number of hydrogen-bond donors (Lipinski definition) is 1. The Morgan fingerprint density at radius 1 is 0.936 bits per heavy atom. The summed E-state index contributed by atoms with van der Waals surface area (Å²) in [4.78, 5) is 50.7. The highest BCUT2D eigenvalue weighted by molar-refractivity contribution is 6.01. The molecule has 0 saturated carbocycles. The van der Waals surface area contributed by atoms with Gasteiger partial charge in [0.05, 0.1) is 13.2 Å². The van der Waals surface area contributed by atoms with Gasteiger partial charge >= 0.3 is 0 Å². The smallest absolute Gasteiger partial charge is 0.248 e. The van der Waals surface area contributed by atoms with Gasteiger partial charge in [-0.15, -0.1) is 0 Å². The lowest BCUT2D eigenvalue weighted by Gasteiger charge is -2.33. The molecule has 0 bridgehead atoms. The molecule has 1 unspecified atom stereocenters. The Hall–Kier alpha value is -3.16. The van der Waals surface area contributed by atoms with Crippen molar-refractivity contribution in [2.45, 2.75) is 92.9 Å². The van der Waals surface area contributed by atoms with E-state index in [0.717, 1.165) is 61.0 Å². The Morgan fingerprint density at radius 3 is 2.23 bits per heavy atom. The topological polar surface area (TPSA) is 119 Å². The molecule has 47 heavy (non-hydrogen) atoms. The molecule has 9 nitrogen and oxygen atoms in total. The van der Waals surface area contributed by atoms with Gasteiger partial charge in [-0.1, -0.05) is 64.2 Å².